The van der Waals surface area contributed by atoms with Crippen LogP contribution in [0.1, 0.15) is 18.4 Å². The second-order valence-corrected chi connectivity index (χ2v) is 10.8. The largest absolute Gasteiger partial charge is 0.573 e. The highest BCUT2D eigenvalue weighted by atomic mass is 32.2. The van der Waals surface area contributed by atoms with Crippen LogP contribution >= 0.6 is 23.1 Å². The van der Waals surface area contributed by atoms with E-state index >= 15 is 0 Å². The van der Waals surface area contributed by atoms with Crippen LogP contribution in [0.3, 0.4) is 0 Å². The quantitative estimate of drug-likeness (QED) is 0.226. The SMILES string of the molecule is O=C(Cc1cccc(OC(F)(F)F)c1)Nc1cc(Sc2ccc3nc(NC(=O)C4CC4)sc3c2)ccc1F. The molecule has 0 spiro atoms. The van der Waals surface area contributed by atoms with Crippen molar-refractivity contribution < 1.29 is 31.9 Å². The fraction of sp³-hybridized carbons (Fsp3) is 0.192. The van der Waals surface area contributed by atoms with Gasteiger partial charge in [-0.15, -0.1) is 13.2 Å². The number of amides is 2. The summed E-state index contributed by atoms with van der Waals surface area (Å²) in [6.07, 6.45) is -3.31. The number of fused-ring (bicyclic) bond motifs is 1. The summed E-state index contributed by atoms with van der Waals surface area (Å²) in [7, 11) is 0. The fourth-order valence-electron chi connectivity index (χ4n) is 3.61. The zero-order valence-corrected chi connectivity index (χ0v) is 21.1. The first-order valence-corrected chi connectivity index (χ1v) is 13.1. The average molecular weight is 562 g/mol. The molecule has 1 saturated carbocycles. The number of hydrogen-bond acceptors (Lipinski definition) is 6. The standard InChI is InChI=1S/C26H19F4N3O3S2/c27-19-8-6-17(12-21(19)31-23(34)11-14-2-1-3-16(10-14)36-26(28,29)30)37-18-7-9-20-22(13-18)38-25(32-20)33-24(35)15-4-5-15/h1-3,6-10,12-13,15H,4-5,11H2,(H,31,34)(H,32,33,35). The number of ether oxygens (including phenoxy) is 1. The number of thiazole rings is 1. The Labute approximate surface area is 222 Å². The molecule has 0 radical (unpaired) electrons. The normalized spacial score (nSPS) is 13.4. The van der Waals surface area contributed by atoms with E-state index in [1.807, 2.05) is 18.2 Å². The van der Waals surface area contributed by atoms with Crippen LogP contribution in [0.25, 0.3) is 10.2 Å². The van der Waals surface area contributed by atoms with Crippen LogP contribution in [0.15, 0.2) is 70.5 Å². The zero-order chi connectivity index (χ0) is 26.9. The number of alkyl halides is 3. The van der Waals surface area contributed by atoms with Crippen molar-refractivity contribution in [1.82, 2.24) is 4.98 Å². The molecule has 0 atom stereocenters. The van der Waals surface area contributed by atoms with Crippen molar-refractivity contribution in [2.75, 3.05) is 10.6 Å². The Hall–Kier alpha value is -3.64. The van der Waals surface area contributed by atoms with E-state index in [0.29, 0.717) is 10.0 Å². The monoisotopic (exact) mass is 561 g/mol. The first-order valence-electron chi connectivity index (χ1n) is 11.4. The van der Waals surface area contributed by atoms with Crippen LogP contribution in [0.4, 0.5) is 28.4 Å². The van der Waals surface area contributed by atoms with Crippen molar-refractivity contribution in [3.05, 3.63) is 72.0 Å². The highest BCUT2D eigenvalue weighted by Gasteiger charge is 2.31. The molecule has 0 unspecified atom stereocenters. The minimum absolute atomic E-state index is 0.0121. The van der Waals surface area contributed by atoms with E-state index in [-0.39, 0.29) is 29.5 Å². The van der Waals surface area contributed by atoms with Crippen LogP contribution in [0, 0.1) is 11.7 Å². The number of nitrogens with zero attached hydrogens (tertiary/aromatic N) is 1. The minimum atomic E-state index is -4.85. The average Bonchev–Trinajstić information content (AvgIpc) is 3.61. The number of rotatable bonds is 8. The molecule has 3 aromatic carbocycles. The maximum Gasteiger partial charge on any atom is 0.573 e. The number of carbonyl (C=O) groups excluding carboxylic acids is 2. The van der Waals surface area contributed by atoms with E-state index in [1.54, 1.807) is 6.07 Å². The van der Waals surface area contributed by atoms with Gasteiger partial charge in [0, 0.05) is 15.7 Å². The number of benzene rings is 3. The van der Waals surface area contributed by atoms with Crippen LogP contribution in [0.2, 0.25) is 0 Å². The van der Waals surface area contributed by atoms with Gasteiger partial charge in [-0.1, -0.05) is 35.2 Å². The van der Waals surface area contributed by atoms with Gasteiger partial charge in [0.1, 0.15) is 11.6 Å². The second kappa shape index (κ2) is 10.6. The molecular formula is C26H19F4N3O3S2. The lowest BCUT2D eigenvalue weighted by molar-refractivity contribution is -0.274. The van der Waals surface area contributed by atoms with Crippen LogP contribution < -0.4 is 15.4 Å². The summed E-state index contributed by atoms with van der Waals surface area (Å²) >= 11 is 2.72. The molecular weight excluding hydrogens is 542 g/mol. The van der Waals surface area contributed by atoms with E-state index in [4.69, 9.17) is 0 Å². The van der Waals surface area contributed by atoms with Crippen molar-refractivity contribution in [3.63, 3.8) is 0 Å². The molecule has 2 amide bonds. The molecule has 2 N–H and O–H groups in total. The van der Waals surface area contributed by atoms with Crippen LogP contribution in [0.5, 0.6) is 5.75 Å². The molecule has 1 heterocycles. The molecule has 196 valence electrons. The van der Waals surface area contributed by atoms with E-state index in [1.165, 1.54) is 47.4 Å². The summed E-state index contributed by atoms with van der Waals surface area (Å²) < 4.78 is 56.5. The van der Waals surface area contributed by atoms with Gasteiger partial charge in [-0.05, 0) is 66.9 Å². The first-order chi connectivity index (χ1) is 18.1. The Bertz CT molecular complexity index is 1520. The van der Waals surface area contributed by atoms with Gasteiger partial charge in [0.2, 0.25) is 11.8 Å². The molecule has 1 fully saturated rings. The van der Waals surface area contributed by atoms with Gasteiger partial charge < -0.3 is 15.4 Å². The van der Waals surface area contributed by atoms with Crippen molar-refractivity contribution in [2.24, 2.45) is 5.92 Å². The third-order valence-corrected chi connectivity index (χ3v) is 7.40. The third-order valence-electron chi connectivity index (χ3n) is 5.48. The first kappa shape index (κ1) is 26.0. The van der Waals surface area contributed by atoms with Gasteiger partial charge >= 0.3 is 6.36 Å². The Morgan fingerprint density at radius 2 is 1.79 bits per heavy atom. The number of nitrogens with one attached hydrogen (secondary N) is 2. The Balaban J connectivity index is 1.24. The fourth-order valence-corrected chi connectivity index (χ4v) is 5.49. The van der Waals surface area contributed by atoms with Crippen LogP contribution in [-0.4, -0.2) is 23.2 Å². The topological polar surface area (TPSA) is 80.3 Å². The summed E-state index contributed by atoms with van der Waals surface area (Å²) in [5.41, 5.74) is 0.981. The predicted molar refractivity (Wildman–Crippen MR) is 137 cm³/mol. The van der Waals surface area contributed by atoms with E-state index < -0.39 is 23.8 Å². The maximum atomic E-state index is 14.4. The minimum Gasteiger partial charge on any atom is -0.406 e. The van der Waals surface area contributed by atoms with Gasteiger partial charge in [-0.3, -0.25) is 9.59 Å². The highest BCUT2D eigenvalue weighted by molar-refractivity contribution is 7.99. The van der Waals surface area contributed by atoms with E-state index in [2.05, 4.69) is 20.4 Å². The van der Waals surface area contributed by atoms with Gasteiger partial charge in [-0.2, -0.15) is 0 Å². The molecule has 1 aliphatic rings. The van der Waals surface area contributed by atoms with Crippen molar-refractivity contribution in [1.29, 1.82) is 0 Å². The third kappa shape index (κ3) is 6.81. The molecule has 0 bridgehead atoms. The molecule has 38 heavy (non-hydrogen) atoms. The maximum absolute atomic E-state index is 14.4. The van der Waals surface area contributed by atoms with Crippen molar-refractivity contribution in [3.8, 4) is 5.75 Å². The van der Waals surface area contributed by atoms with E-state index in [9.17, 15) is 27.2 Å². The number of hydrogen-bond donors (Lipinski definition) is 2. The van der Waals surface area contributed by atoms with E-state index in [0.717, 1.165) is 40.1 Å². The smallest absolute Gasteiger partial charge is 0.406 e. The van der Waals surface area contributed by atoms with Crippen molar-refractivity contribution >= 4 is 55.9 Å². The molecule has 1 aromatic heterocycles. The van der Waals surface area contributed by atoms with Crippen molar-refractivity contribution in [2.45, 2.75) is 35.4 Å². The summed E-state index contributed by atoms with van der Waals surface area (Å²) in [4.78, 5) is 30.5. The lowest BCUT2D eigenvalue weighted by atomic mass is 10.1. The summed E-state index contributed by atoms with van der Waals surface area (Å²) in [6.45, 7) is 0. The lowest BCUT2D eigenvalue weighted by Gasteiger charge is -2.11. The summed E-state index contributed by atoms with van der Waals surface area (Å²) in [6, 6.07) is 15.0. The molecule has 1 aliphatic carbocycles. The summed E-state index contributed by atoms with van der Waals surface area (Å²) in [5, 5.41) is 5.87. The predicted octanol–water partition coefficient (Wildman–Crippen LogP) is 7.01. The molecule has 0 aliphatic heterocycles. The molecule has 5 rings (SSSR count). The lowest BCUT2D eigenvalue weighted by Crippen LogP contribution is -2.18. The summed E-state index contributed by atoms with van der Waals surface area (Å²) in [5.74, 6) is -1.62. The Morgan fingerprint density at radius 1 is 1.03 bits per heavy atom. The molecule has 4 aromatic rings. The molecule has 6 nitrogen and oxygen atoms in total. The van der Waals surface area contributed by atoms with Gasteiger partial charge in [0.25, 0.3) is 0 Å². The Kier molecular flexibility index (Phi) is 7.26. The number of carbonyl (C=O) groups is 2. The van der Waals surface area contributed by atoms with Gasteiger partial charge in [0.05, 0.1) is 22.3 Å². The number of aromatic nitrogens is 1. The molecule has 12 heteroatoms. The second-order valence-electron chi connectivity index (χ2n) is 8.58. The highest BCUT2D eigenvalue weighted by Crippen LogP contribution is 2.36. The number of halogens is 4. The Morgan fingerprint density at radius 3 is 2.55 bits per heavy atom. The van der Waals surface area contributed by atoms with Gasteiger partial charge in [-0.25, -0.2) is 9.37 Å². The number of anilines is 2. The van der Waals surface area contributed by atoms with Crippen LogP contribution in [-0.2, 0) is 16.0 Å². The van der Waals surface area contributed by atoms with Gasteiger partial charge in [0.15, 0.2) is 5.13 Å². The molecule has 0 saturated heterocycles. The zero-order valence-electron chi connectivity index (χ0n) is 19.5.